The van der Waals surface area contributed by atoms with Gasteiger partial charge in [0, 0.05) is 30.8 Å². The zero-order chi connectivity index (χ0) is 20.5. The number of alkyl halides is 3. The number of rotatable bonds is 4. The molecule has 2 aromatic rings. The van der Waals surface area contributed by atoms with Crippen molar-refractivity contribution in [2.24, 2.45) is 0 Å². The van der Waals surface area contributed by atoms with Gasteiger partial charge in [-0.3, -0.25) is 4.79 Å². The molecule has 146 valence electrons. The summed E-state index contributed by atoms with van der Waals surface area (Å²) < 4.78 is 97.1. The van der Waals surface area contributed by atoms with Crippen LogP contribution in [0.2, 0.25) is 0 Å². The molecule has 27 heavy (non-hydrogen) atoms. The maximum absolute atomic E-state index is 13.8. The molecule has 0 radical (unpaired) electrons. The van der Waals surface area contributed by atoms with Crippen molar-refractivity contribution in [3.8, 4) is 11.5 Å². The molecule has 0 bridgehead atoms. The molecule has 11 heteroatoms. The minimum Gasteiger partial charge on any atom is -0.504 e. The third-order valence-corrected chi connectivity index (χ3v) is 3.32. The molecule has 0 spiro atoms. The SMILES string of the molecule is CC(=O)Oc1cc(NCc2c(F)c(F)c(C(F)(F)F)c(F)c2F)ccc1O. The molecule has 0 aliphatic rings. The van der Waals surface area contributed by atoms with Gasteiger partial charge in [-0.05, 0) is 12.1 Å². The van der Waals surface area contributed by atoms with E-state index in [0.29, 0.717) is 0 Å². The Labute approximate surface area is 147 Å². The van der Waals surface area contributed by atoms with Gasteiger partial charge in [-0.1, -0.05) is 0 Å². The molecular weight excluding hydrogens is 387 g/mol. The van der Waals surface area contributed by atoms with Crippen LogP contribution in [0, 0.1) is 23.3 Å². The number of hydrogen-bond donors (Lipinski definition) is 2. The summed E-state index contributed by atoms with van der Waals surface area (Å²) in [7, 11) is 0. The van der Waals surface area contributed by atoms with E-state index in [1.165, 1.54) is 0 Å². The van der Waals surface area contributed by atoms with Crippen LogP contribution in [0.25, 0.3) is 0 Å². The van der Waals surface area contributed by atoms with Crippen molar-refractivity contribution >= 4 is 11.7 Å². The molecule has 0 aliphatic heterocycles. The number of anilines is 1. The third-order valence-electron chi connectivity index (χ3n) is 3.32. The standard InChI is InChI=1S/C16H10F7NO3/c1-6(25)27-10-4-7(2-3-9(10)26)24-5-8-12(17)14(19)11(16(21,22)23)15(20)13(8)18/h2-4,24,26H,5H2,1H3. The molecule has 2 aromatic carbocycles. The number of benzene rings is 2. The molecule has 0 aliphatic carbocycles. The predicted octanol–water partition coefficient (Wildman–Crippen LogP) is 4.50. The Bertz CT molecular complexity index is 868. The third kappa shape index (κ3) is 4.23. The van der Waals surface area contributed by atoms with Crippen molar-refractivity contribution in [3.05, 3.63) is 52.6 Å². The van der Waals surface area contributed by atoms with E-state index in [1.807, 2.05) is 0 Å². The average Bonchev–Trinajstić information content (AvgIpc) is 2.54. The van der Waals surface area contributed by atoms with Gasteiger partial charge in [-0.15, -0.1) is 0 Å². The number of aromatic hydroxyl groups is 1. The average molecular weight is 397 g/mol. The highest BCUT2D eigenvalue weighted by atomic mass is 19.4. The van der Waals surface area contributed by atoms with Gasteiger partial charge < -0.3 is 15.2 Å². The number of phenols is 1. The van der Waals surface area contributed by atoms with Gasteiger partial charge in [0.05, 0.1) is 0 Å². The first-order valence-electron chi connectivity index (χ1n) is 7.10. The number of phenolic OH excluding ortho intramolecular Hbond substituents is 1. The van der Waals surface area contributed by atoms with E-state index in [0.717, 1.165) is 25.1 Å². The fourth-order valence-electron chi connectivity index (χ4n) is 2.13. The van der Waals surface area contributed by atoms with Crippen LogP contribution in [0.15, 0.2) is 18.2 Å². The fourth-order valence-corrected chi connectivity index (χ4v) is 2.13. The predicted molar refractivity (Wildman–Crippen MR) is 78.0 cm³/mol. The summed E-state index contributed by atoms with van der Waals surface area (Å²) >= 11 is 0. The van der Waals surface area contributed by atoms with Crippen LogP contribution in [-0.2, 0) is 17.5 Å². The second-order valence-corrected chi connectivity index (χ2v) is 5.24. The lowest BCUT2D eigenvalue weighted by Gasteiger charge is -2.15. The largest absolute Gasteiger partial charge is 0.504 e. The van der Waals surface area contributed by atoms with Crippen molar-refractivity contribution in [1.82, 2.24) is 0 Å². The number of halogens is 7. The second-order valence-electron chi connectivity index (χ2n) is 5.24. The summed E-state index contributed by atoms with van der Waals surface area (Å²) in [6.45, 7) is 0.103. The molecular formula is C16H10F7NO3. The van der Waals surface area contributed by atoms with Crippen LogP contribution in [0.1, 0.15) is 18.1 Å². The number of hydrogen-bond acceptors (Lipinski definition) is 4. The monoisotopic (exact) mass is 397 g/mol. The van der Waals surface area contributed by atoms with Crippen LogP contribution in [0.5, 0.6) is 11.5 Å². The second kappa shape index (κ2) is 7.33. The molecule has 0 unspecified atom stereocenters. The van der Waals surface area contributed by atoms with Crippen molar-refractivity contribution in [2.45, 2.75) is 19.6 Å². The summed E-state index contributed by atoms with van der Waals surface area (Å²) in [5.74, 6) is -11.1. The highest BCUT2D eigenvalue weighted by molar-refractivity contribution is 5.71. The minimum atomic E-state index is -5.63. The van der Waals surface area contributed by atoms with Crippen LogP contribution >= 0.6 is 0 Å². The van der Waals surface area contributed by atoms with E-state index in [-0.39, 0.29) is 11.4 Å². The Morgan fingerprint density at radius 1 is 1.07 bits per heavy atom. The quantitative estimate of drug-likeness (QED) is 0.262. The molecule has 4 nitrogen and oxygen atoms in total. The molecule has 0 fully saturated rings. The number of esters is 1. The van der Waals surface area contributed by atoms with Gasteiger partial charge in [0.1, 0.15) is 5.56 Å². The van der Waals surface area contributed by atoms with Crippen LogP contribution in [0.3, 0.4) is 0 Å². The lowest BCUT2D eigenvalue weighted by atomic mass is 10.1. The van der Waals surface area contributed by atoms with Crippen molar-refractivity contribution in [2.75, 3.05) is 5.32 Å². The maximum atomic E-state index is 13.8. The molecule has 2 rings (SSSR count). The summed E-state index contributed by atoms with van der Waals surface area (Å²) in [6.07, 6.45) is -5.63. The summed E-state index contributed by atoms with van der Waals surface area (Å²) in [6, 6.07) is 3.24. The van der Waals surface area contributed by atoms with Gasteiger partial charge in [-0.25, -0.2) is 17.6 Å². The Balaban J connectivity index is 2.36. The number of carbonyl (C=O) groups excluding carboxylic acids is 1. The van der Waals surface area contributed by atoms with Crippen molar-refractivity contribution < 1.29 is 45.4 Å². The first kappa shape index (κ1) is 20.3. The fraction of sp³-hybridized carbons (Fsp3) is 0.188. The van der Waals surface area contributed by atoms with E-state index >= 15 is 0 Å². The molecule has 0 saturated heterocycles. The van der Waals surface area contributed by atoms with E-state index < -0.39 is 58.8 Å². The molecule has 0 saturated carbocycles. The van der Waals surface area contributed by atoms with Gasteiger partial charge in [0.2, 0.25) is 0 Å². The Hall–Kier alpha value is -2.98. The molecule has 0 aromatic heterocycles. The summed E-state index contributed by atoms with van der Waals surface area (Å²) in [4.78, 5) is 10.9. The lowest BCUT2D eigenvalue weighted by molar-refractivity contribution is -0.143. The zero-order valence-electron chi connectivity index (χ0n) is 13.3. The molecule has 2 N–H and O–H groups in total. The Morgan fingerprint density at radius 2 is 1.63 bits per heavy atom. The number of carbonyl (C=O) groups is 1. The molecule has 0 heterocycles. The summed E-state index contributed by atoms with van der Waals surface area (Å²) in [5.41, 5.74) is -3.98. The maximum Gasteiger partial charge on any atom is 0.422 e. The Morgan fingerprint density at radius 3 is 2.11 bits per heavy atom. The normalized spacial score (nSPS) is 11.4. The highest BCUT2D eigenvalue weighted by Crippen LogP contribution is 2.37. The molecule has 0 atom stereocenters. The van der Waals surface area contributed by atoms with Gasteiger partial charge >= 0.3 is 12.1 Å². The first-order valence-corrected chi connectivity index (χ1v) is 7.10. The summed E-state index contributed by atoms with van der Waals surface area (Å²) in [5, 5.41) is 11.8. The van der Waals surface area contributed by atoms with Gasteiger partial charge in [-0.2, -0.15) is 13.2 Å². The van der Waals surface area contributed by atoms with Crippen LogP contribution in [0.4, 0.5) is 36.4 Å². The van der Waals surface area contributed by atoms with E-state index in [2.05, 4.69) is 10.1 Å². The number of ether oxygens (including phenoxy) is 1. The van der Waals surface area contributed by atoms with Crippen LogP contribution < -0.4 is 10.1 Å². The van der Waals surface area contributed by atoms with Crippen molar-refractivity contribution in [1.29, 1.82) is 0 Å². The van der Waals surface area contributed by atoms with Crippen LogP contribution in [-0.4, -0.2) is 11.1 Å². The number of nitrogens with one attached hydrogen (secondary N) is 1. The minimum absolute atomic E-state index is 0.0106. The topological polar surface area (TPSA) is 58.6 Å². The van der Waals surface area contributed by atoms with E-state index in [4.69, 9.17) is 0 Å². The zero-order valence-corrected chi connectivity index (χ0v) is 13.3. The molecule has 0 amide bonds. The van der Waals surface area contributed by atoms with Crippen molar-refractivity contribution in [3.63, 3.8) is 0 Å². The highest BCUT2D eigenvalue weighted by Gasteiger charge is 2.42. The van der Waals surface area contributed by atoms with E-state index in [1.54, 1.807) is 0 Å². The van der Waals surface area contributed by atoms with Gasteiger partial charge in [0.25, 0.3) is 0 Å². The van der Waals surface area contributed by atoms with E-state index in [9.17, 15) is 40.6 Å². The first-order chi connectivity index (χ1) is 12.4. The smallest absolute Gasteiger partial charge is 0.422 e. The van der Waals surface area contributed by atoms with Gasteiger partial charge in [0.15, 0.2) is 34.8 Å². The lowest BCUT2D eigenvalue weighted by Crippen LogP contribution is -2.18. The Kier molecular flexibility index (Phi) is 5.52.